The van der Waals surface area contributed by atoms with Crippen LogP contribution in [0.4, 0.5) is 0 Å². The van der Waals surface area contributed by atoms with Crippen LogP contribution in [0, 0.1) is 7.43 Å². The van der Waals surface area contributed by atoms with Gasteiger partial charge in [0.15, 0.2) is 0 Å². The Kier molecular flexibility index (Phi) is 8.97. The van der Waals surface area contributed by atoms with Gasteiger partial charge in [0, 0.05) is 0 Å². The molecule has 0 aromatic heterocycles. The second-order valence-electron chi connectivity index (χ2n) is 2.96. The monoisotopic (exact) mass is 179 g/mol. The second-order valence-corrected chi connectivity index (χ2v) is 2.96. The van der Waals surface area contributed by atoms with E-state index in [1.807, 2.05) is 7.05 Å². The highest BCUT2D eigenvalue weighted by molar-refractivity contribution is 4.37. The topological polar surface area (TPSA) is 60.7 Å². The number of hydrogen-bond donors (Lipinski definition) is 3. The molecule has 0 saturated carbocycles. The van der Waals surface area contributed by atoms with Crippen LogP contribution >= 0.6 is 0 Å². The standard InChI is InChI=1S/C7H18NO3.CH3/c1-8(2-5-9,3-6-10)4-7-11;/h9-11H,2-7H2,1H3;1H3/q+1;-1. The Labute approximate surface area is 74.7 Å². The van der Waals surface area contributed by atoms with Crippen molar-refractivity contribution in [2.24, 2.45) is 0 Å². The van der Waals surface area contributed by atoms with Gasteiger partial charge in [-0.3, -0.25) is 0 Å². The number of aliphatic hydroxyl groups is 3. The van der Waals surface area contributed by atoms with Gasteiger partial charge < -0.3 is 27.2 Å². The van der Waals surface area contributed by atoms with E-state index >= 15 is 0 Å². The van der Waals surface area contributed by atoms with Crippen molar-refractivity contribution >= 4 is 0 Å². The summed E-state index contributed by atoms with van der Waals surface area (Å²) in [5.41, 5.74) is 0. The van der Waals surface area contributed by atoms with Crippen molar-refractivity contribution in [3.63, 3.8) is 0 Å². The molecule has 4 heteroatoms. The molecule has 0 aliphatic rings. The van der Waals surface area contributed by atoms with Crippen molar-refractivity contribution in [3.8, 4) is 0 Å². The van der Waals surface area contributed by atoms with Crippen molar-refractivity contribution in [3.05, 3.63) is 7.43 Å². The molecule has 4 nitrogen and oxygen atoms in total. The summed E-state index contributed by atoms with van der Waals surface area (Å²) in [6.07, 6.45) is 0. The fourth-order valence-corrected chi connectivity index (χ4v) is 1.06. The lowest BCUT2D eigenvalue weighted by molar-refractivity contribution is -0.910. The third kappa shape index (κ3) is 5.49. The second kappa shape index (κ2) is 7.49. The zero-order chi connectivity index (χ0) is 8.74. The summed E-state index contributed by atoms with van der Waals surface area (Å²) in [5.74, 6) is 0. The highest BCUT2D eigenvalue weighted by Gasteiger charge is 2.18. The molecular weight excluding hydrogens is 158 g/mol. The molecule has 0 fully saturated rings. The van der Waals surface area contributed by atoms with Gasteiger partial charge in [0.25, 0.3) is 0 Å². The maximum Gasteiger partial charge on any atom is 0.102 e. The minimum absolute atomic E-state index is 0. The summed E-state index contributed by atoms with van der Waals surface area (Å²) in [4.78, 5) is 0. The summed E-state index contributed by atoms with van der Waals surface area (Å²) in [6.45, 7) is 2.03. The highest BCUT2D eigenvalue weighted by Crippen LogP contribution is 1.99. The molecule has 3 N–H and O–H groups in total. The molecule has 0 heterocycles. The van der Waals surface area contributed by atoms with Gasteiger partial charge >= 0.3 is 0 Å². The van der Waals surface area contributed by atoms with E-state index in [0.29, 0.717) is 24.1 Å². The van der Waals surface area contributed by atoms with Gasteiger partial charge in [0.1, 0.15) is 19.6 Å². The SMILES string of the molecule is C[N+](CCO)(CCO)CCO.[CH3-]. The molecule has 0 aromatic carbocycles. The van der Waals surface area contributed by atoms with Gasteiger partial charge in [-0.2, -0.15) is 0 Å². The predicted octanol–water partition coefficient (Wildman–Crippen LogP) is -1.14. The van der Waals surface area contributed by atoms with Crippen LogP contribution in [0.3, 0.4) is 0 Å². The van der Waals surface area contributed by atoms with Crippen LogP contribution in [0.25, 0.3) is 0 Å². The number of hydrogen-bond acceptors (Lipinski definition) is 3. The molecule has 76 valence electrons. The van der Waals surface area contributed by atoms with E-state index in [4.69, 9.17) is 15.3 Å². The molecular formula is C8H21NO3. The Morgan fingerprint density at radius 1 is 0.833 bits per heavy atom. The van der Waals surface area contributed by atoms with Crippen LogP contribution in [-0.2, 0) is 0 Å². The summed E-state index contributed by atoms with van der Waals surface area (Å²) >= 11 is 0. The minimum atomic E-state index is 0. The molecule has 0 amide bonds. The van der Waals surface area contributed by atoms with Crippen LogP contribution < -0.4 is 0 Å². The largest absolute Gasteiger partial charge is 0.391 e. The Bertz CT molecular complexity index is 81.3. The average molecular weight is 179 g/mol. The first-order valence-corrected chi connectivity index (χ1v) is 3.84. The lowest BCUT2D eigenvalue weighted by Crippen LogP contribution is -2.49. The van der Waals surface area contributed by atoms with E-state index in [9.17, 15) is 0 Å². The molecule has 0 atom stereocenters. The van der Waals surface area contributed by atoms with Gasteiger partial charge in [-0.1, -0.05) is 0 Å². The number of quaternary nitrogens is 1. The molecule has 0 aliphatic carbocycles. The quantitative estimate of drug-likeness (QED) is 0.357. The van der Waals surface area contributed by atoms with Crippen molar-refractivity contribution in [2.45, 2.75) is 0 Å². The third-order valence-electron chi connectivity index (χ3n) is 1.92. The van der Waals surface area contributed by atoms with Crippen LogP contribution in [-0.4, -0.2) is 66.3 Å². The van der Waals surface area contributed by atoms with Crippen molar-refractivity contribution in [2.75, 3.05) is 46.5 Å². The maximum absolute atomic E-state index is 8.68. The normalized spacial score (nSPS) is 11.0. The third-order valence-corrected chi connectivity index (χ3v) is 1.92. The van der Waals surface area contributed by atoms with Crippen LogP contribution in [0.2, 0.25) is 0 Å². The van der Waals surface area contributed by atoms with Crippen LogP contribution in [0.5, 0.6) is 0 Å². The molecule has 0 bridgehead atoms. The minimum Gasteiger partial charge on any atom is -0.391 e. The smallest absolute Gasteiger partial charge is 0.102 e. The Morgan fingerprint density at radius 2 is 1.08 bits per heavy atom. The zero-order valence-electron chi connectivity index (χ0n) is 8.03. The highest BCUT2D eigenvalue weighted by atomic mass is 16.3. The first kappa shape index (κ1) is 14.4. The summed E-state index contributed by atoms with van der Waals surface area (Å²) in [6, 6.07) is 0. The van der Waals surface area contributed by atoms with Gasteiger partial charge in [0.05, 0.1) is 26.9 Å². The number of rotatable bonds is 6. The predicted molar refractivity (Wildman–Crippen MR) is 48.5 cm³/mol. The van der Waals surface area contributed by atoms with E-state index in [0.717, 1.165) is 0 Å². The van der Waals surface area contributed by atoms with E-state index in [1.165, 1.54) is 0 Å². The molecule has 0 aliphatic heterocycles. The van der Waals surface area contributed by atoms with E-state index < -0.39 is 0 Å². The van der Waals surface area contributed by atoms with Crippen LogP contribution in [0.15, 0.2) is 0 Å². The molecule has 12 heavy (non-hydrogen) atoms. The molecule has 0 rings (SSSR count). The average Bonchev–Trinajstić information content (AvgIpc) is 1.88. The lowest BCUT2D eigenvalue weighted by atomic mass is 10.4. The lowest BCUT2D eigenvalue weighted by Gasteiger charge is -2.32. The van der Waals surface area contributed by atoms with E-state index in [2.05, 4.69) is 0 Å². The zero-order valence-corrected chi connectivity index (χ0v) is 8.03. The fraction of sp³-hybridized carbons (Fsp3) is 0.875. The van der Waals surface area contributed by atoms with Gasteiger partial charge in [-0.05, 0) is 0 Å². The van der Waals surface area contributed by atoms with Crippen molar-refractivity contribution < 1.29 is 19.8 Å². The Morgan fingerprint density at radius 3 is 1.25 bits per heavy atom. The van der Waals surface area contributed by atoms with Gasteiger partial charge in [-0.25, -0.2) is 0 Å². The molecule has 0 saturated heterocycles. The molecule has 0 radical (unpaired) electrons. The number of nitrogens with zero attached hydrogens (tertiary/aromatic N) is 1. The number of aliphatic hydroxyl groups excluding tert-OH is 3. The first-order valence-electron chi connectivity index (χ1n) is 3.84. The first-order chi connectivity index (χ1) is 5.18. The van der Waals surface area contributed by atoms with Gasteiger partial charge in [0.2, 0.25) is 0 Å². The molecule has 0 unspecified atom stereocenters. The Balaban J connectivity index is 0. The van der Waals surface area contributed by atoms with Crippen molar-refractivity contribution in [1.29, 1.82) is 0 Å². The summed E-state index contributed by atoms with van der Waals surface area (Å²) in [7, 11) is 1.91. The van der Waals surface area contributed by atoms with E-state index in [-0.39, 0.29) is 27.2 Å². The molecule has 0 aromatic rings. The van der Waals surface area contributed by atoms with Crippen molar-refractivity contribution in [1.82, 2.24) is 0 Å². The molecule has 0 spiro atoms. The number of likely N-dealkylation sites (N-methyl/N-ethyl adjacent to an activating group) is 1. The fourth-order valence-electron chi connectivity index (χ4n) is 1.06. The summed E-state index contributed by atoms with van der Waals surface area (Å²) in [5, 5.41) is 26.0. The Hall–Kier alpha value is -0.160. The maximum atomic E-state index is 8.68. The van der Waals surface area contributed by atoms with Crippen LogP contribution in [0.1, 0.15) is 0 Å². The summed E-state index contributed by atoms with van der Waals surface area (Å²) < 4.78 is 0.531. The van der Waals surface area contributed by atoms with E-state index in [1.54, 1.807) is 0 Å². The van der Waals surface area contributed by atoms with Gasteiger partial charge in [-0.15, -0.1) is 0 Å².